The number of carboxylic acid groups (broad SMARTS) is 1. The van der Waals surface area contributed by atoms with Crippen LogP contribution in [0.1, 0.15) is 128 Å². The van der Waals surface area contributed by atoms with Gasteiger partial charge in [-0.3, -0.25) is 9.59 Å². The molecule has 18 N–H and O–H groups in total. The highest BCUT2D eigenvalue weighted by Gasteiger charge is 2.74. The van der Waals surface area contributed by atoms with Gasteiger partial charge in [-0.15, -0.1) is 0 Å². The van der Waals surface area contributed by atoms with E-state index in [4.69, 9.17) is 71.1 Å². The molecule has 12 rings (SSSR count). The predicted octanol–water partition coefficient (Wildman–Crippen LogP) is -5.14. The Morgan fingerprint density at radius 1 is 0.500 bits per heavy atom. The fraction of sp³-hybridized carbons (Fsp3) is 0.918. The molecule has 0 amide bonds. The maximum absolute atomic E-state index is 16.4. The predicted molar refractivity (Wildman–Crippen MR) is 361 cm³/mol. The highest BCUT2D eigenvalue weighted by atomic mass is 16.8. The number of carbonyl (C=O) groups excluding carboxylic acids is 3. The number of hydrogen-bond acceptors (Lipinski definition) is 36. The molecule has 12 aliphatic rings. The van der Waals surface area contributed by atoms with Gasteiger partial charge in [0.05, 0.1) is 55.8 Å². The third-order valence-corrected chi connectivity index (χ3v) is 27.9. The van der Waals surface area contributed by atoms with Gasteiger partial charge in [0, 0.05) is 12.8 Å². The zero-order chi connectivity index (χ0) is 80.6. The molecule has 110 heavy (non-hydrogen) atoms. The van der Waals surface area contributed by atoms with E-state index < -0.39 is 303 Å². The van der Waals surface area contributed by atoms with E-state index in [0.717, 1.165) is 18.8 Å². The number of carbonyl (C=O) groups is 4. The average molecular weight is 1580 g/mol. The summed E-state index contributed by atoms with van der Waals surface area (Å²) in [6.45, 7) is 17.5. The first kappa shape index (κ1) is 86.0. The van der Waals surface area contributed by atoms with E-state index in [1.165, 1.54) is 20.8 Å². The lowest BCUT2D eigenvalue weighted by Crippen LogP contribution is -2.70. The molecule has 5 aliphatic carbocycles. The van der Waals surface area contributed by atoms with E-state index in [1.54, 1.807) is 6.92 Å². The lowest BCUT2D eigenvalue weighted by Gasteiger charge is -2.72. The fourth-order valence-corrected chi connectivity index (χ4v) is 20.8. The summed E-state index contributed by atoms with van der Waals surface area (Å²) in [6.07, 6.45) is -57.7. The maximum atomic E-state index is 16.4. The van der Waals surface area contributed by atoms with E-state index in [2.05, 4.69) is 40.7 Å². The van der Waals surface area contributed by atoms with Gasteiger partial charge in [-0.25, -0.2) is 4.79 Å². The quantitative estimate of drug-likeness (QED) is 0.0264. The smallest absolute Gasteiger partial charge is 0.335 e. The van der Waals surface area contributed by atoms with Gasteiger partial charge >= 0.3 is 17.9 Å². The second kappa shape index (κ2) is 32.2. The molecule has 7 aliphatic heterocycles. The summed E-state index contributed by atoms with van der Waals surface area (Å²) in [5.74, 6) is -5.59. The van der Waals surface area contributed by atoms with Gasteiger partial charge in [-0.05, 0) is 112 Å². The Morgan fingerprint density at radius 2 is 1.02 bits per heavy atom. The first-order valence-corrected chi connectivity index (χ1v) is 38.2. The lowest BCUT2D eigenvalue weighted by molar-refractivity contribution is -0.391. The van der Waals surface area contributed by atoms with Crippen molar-refractivity contribution >= 4 is 24.2 Å². The summed E-state index contributed by atoms with van der Waals surface area (Å²) in [6, 6.07) is 0. The number of fused-ring (bicyclic) bond motifs is 7. The minimum Gasteiger partial charge on any atom is -0.479 e. The normalized spacial score (nSPS) is 54.4. The highest BCUT2D eigenvalue weighted by Crippen LogP contribution is 2.77. The zero-order valence-electron chi connectivity index (χ0n) is 63.3. The number of allylic oxidation sites excluding steroid dienone is 2. The third kappa shape index (κ3) is 14.6. The Hall–Kier alpha value is -3.38. The van der Waals surface area contributed by atoms with E-state index in [9.17, 15) is 106 Å². The van der Waals surface area contributed by atoms with Crippen molar-refractivity contribution in [1.82, 2.24) is 0 Å². The minimum atomic E-state index is -2.24. The molecule has 11 fully saturated rings. The first-order chi connectivity index (χ1) is 51.5. The number of aldehydes is 1. The van der Waals surface area contributed by atoms with Crippen LogP contribution >= 0.6 is 0 Å². The van der Waals surface area contributed by atoms with Gasteiger partial charge in [0.2, 0.25) is 6.29 Å². The number of hydrogen-bond donors (Lipinski definition) is 18. The summed E-state index contributed by atoms with van der Waals surface area (Å²) in [7, 11) is 0. The highest BCUT2D eigenvalue weighted by molar-refractivity contribution is 5.80. The average Bonchev–Trinajstić information content (AvgIpc) is 0.666. The molecule has 628 valence electrons. The van der Waals surface area contributed by atoms with E-state index in [1.807, 2.05) is 6.92 Å². The molecule has 7 saturated heterocycles. The second-order valence-corrected chi connectivity index (χ2v) is 34.5. The van der Waals surface area contributed by atoms with Gasteiger partial charge in [0.25, 0.3) is 0 Å². The summed E-state index contributed by atoms with van der Waals surface area (Å²) >= 11 is 0. The van der Waals surface area contributed by atoms with Gasteiger partial charge in [0.15, 0.2) is 56.1 Å². The molecular weight excluding hydrogens is 1470 g/mol. The summed E-state index contributed by atoms with van der Waals surface area (Å²) < 4.78 is 91.9. The van der Waals surface area contributed by atoms with Crippen molar-refractivity contribution in [2.45, 2.75) is 342 Å². The van der Waals surface area contributed by atoms with Crippen LogP contribution in [0.2, 0.25) is 0 Å². The Balaban J connectivity index is 0.858. The molecule has 0 radical (unpaired) electrons. The largest absolute Gasteiger partial charge is 0.479 e. The lowest BCUT2D eigenvalue weighted by atomic mass is 9.32. The zero-order valence-corrected chi connectivity index (χ0v) is 63.3. The molecule has 44 atom stereocenters. The van der Waals surface area contributed by atoms with Crippen LogP contribution in [0.25, 0.3) is 0 Å². The molecule has 7 heterocycles. The van der Waals surface area contributed by atoms with Crippen molar-refractivity contribution in [3.05, 3.63) is 11.6 Å². The van der Waals surface area contributed by atoms with Gasteiger partial charge < -0.3 is 168 Å². The number of aliphatic hydroxyl groups is 17. The van der Waals surface area contributed by atoms with E-state index >= 15 is 4.79 Å². The summed E-state index contributed by atoms with van der Waals surface area (Å²) in [5, 5.41) is 199. The standard InChI is InChI=1S/C73H114O37/c1-25-38-30-12-13-35-69(8)16-15-37(103-66-57(108-64-49(90)44(85)42(83)33(21-74)102-64)54(51(92)55(106-66)59(93)94)105-61-47(88)41(82)32(78)23-97-61)70(9,24-75)34(69)14-17-71(35,10)72(30,11)20-36(79)73(38,19-18-68(25,6)7)67(95)110-65-58(56(53(28(4)100-65)101-29(5)76)107-62-48(89)43(84)39(80)26(2)98-62)109-63-50(91)45(86)52(27(3)99-63)104-60-46(87)40(81)31(77)22-96-60/h12,24-28,31-58,60-66,74,77-92H,13-23H2,1-11H3,(H,93,94). The van der Waals surface area contributed by atoms with Crippen LogP contribution in [-0.4, -0.2) is 351 Å². The number of aliphatic hydroxyl groups excluding tert-OH is 17. The topological polar surface area (TPSA) is 571 Å². The Bertz CT molecular complexity index is 3280. The molecular formula is C73H114O37. The van der Waals surface area contributed by atoms with Crippen LogP contribution in [0.15, 0.2) is 11.6 Å². The summed E-state index contributed by atoms with van der Waals surface area (Å²) in [4.78, 5) is 56.9. The Kier molecular flexibility index (Phi) is 25.1. The van der Waals surface area contributed by atoms with E-state index in [-0.39, 0.29) is 25.2 Å². The van der Waals surface area contributed by atoms with Crippen molar-refractivity contribution in [3.63, 3.8) is 0 Å². The molecule has 0 spiro atoms. The van der Waals surface area contributed by atoms with Crippen LogP contribution in [0.5, 0.6) is 0 Å². The number of ether oxygens (including phenoxy) is 15. The molecule has 44 unspecified atom stereocenters. The first-order valence-electron chi connectivity index (χ1n) is 38.2. The monoisotopic (exact) mass is 1580 g/mol. The van der Waals surface area contributed by atoms with Crippen molar-refractivity contribution in [1.29, 1.82) is 0 Å². The molecule has 4 saturated carbocycles. The number of carboxylic acids is 1. The molecule has 0 aromatic heterocycles. The van der Waals surface area contributed by atoms with Gasteiger partial charge in [-0.1, -0.05) is 60.1 Å². The minimum absolute atomic E-state index is 0.0197. The molecule has 0 bridgehead atoms. The number of aliphatic carboxylic acids is 1. The molecule has 37 nitrogen and oxygen atoms in total. The van der Waals surface area contributed by atoms with Crippen molar-refractivity contribution < 1.29 is 182 Å². The van der Waals surface area contributed by atoms with Crippen molar-refractivity contribution in [2.75, 3.05) is 19.8 Å². The van der Waals surface area contributed by atoms with Gasteiger partial charge in [0.1, 0.15) is 134 Å². The number of rotatable bonds is 18. The second-order valence-electron chi connectivity index (χ2n) is 34.5. The van der Waals surface area contributed by atoms with Crippen molar-refractivity contribution in [2.24, 2.45) is 56.2 Å². The van der Waals surface area contributed by atoms with Crippen LogP contribution in [0.3, 0.4) is 0 Å². The molecule has 0 aromatic rings. The third-order valence-electron chi connectivity index (χ3n) is 27.9. The Labute approximate surface area is 634 Å². The van der Waals surface area contributed by atoms with E-state index in [0.29, 0.717) is 32.1 Å². The number of esters is 2. The maximum Gasteiger partial charge on any atom is 0.335 e. The van der Waals surface area contributed by atoms with Crippen LogP contribution < -0.4 is 0 Å². The molecule has 0 aromatic carbocycles. The van der Waals surface area contributed by atoms with Crippen LogP contribution in [0.4, 0.5) is 0 Å². The Morgan fingerprint density at radius 3 is 1.60 bits per heavy atom. The SMILES string of the molecule is CC(=O)OC1C(C)OC(OC(=O)C23CCC(C)(C)C(C)C2C2=CCC4C5(C)CCC(OC6OC(C(=O)O)C(O)C(OC7OCC(O)C(O)C7O)C6OC6OC(CO)C(O)C(O)C6O)C(C)(C=O)C5CCC4(C)C2(C)CC3O)C(OC2OC(C)C(OC3OCC(O)C(O)C3O)C(O)C2O)C1OC1OC(C)C(O)C(O)C1O. The summed E-state index contributed by atoms with van der Waals surface area (Å²) in [5.41, 5.74) is -5.31. The van der Waals surface area contributed by atoms with Crippen molar-refractivity contribution in [3.8, 4) is 0 Å². The van der Waals surface area contributed by atoms with Gasteiger partial charge in [-0.2, -0.15) is 0 Å². The van der Waals surface area contributed by atoms with Crippen LogP contribution in [0, 0.1) is 56.2 Å². The fourth-order valence-electron chi connectivity index (χ4n) is 20.8. The van der Waals surface area contributed by atoms with Crippen LogP contribution in [-0.2, 0) is 90.2 Å². The molecule has 37 heteroatoms.